The smallest absolute Gasteiger partial charge is 0.328 e. The number of methoxy groups -OCH3 is 2. The van der Waals surface area contributed by atoms with Crippen molar-refractivity contribution in [3.63, 3.8) is 0 Å². The largest absolute Gasteiger partial charge is 0.497 e. The van der Waals surface area contributed by atoms with E-state index in [0.29, 0.717) is 39.7 Å². The van der Waals surface area contributed by atoms with Gasteiger partial charge in [-0.3, -0.25) is 9.36 Å². The number of ether oxygens (including phenoxy) is 2. The van der Waals surface area contributed by atoms with Crippen molar-refractivity contribution < 1.29 is 14.0 Å². The fourth-order valence-corrected chi connectivity index (χ4v) is 3.02. The predicted octanol–water partition coefficient (Wildman–Crippen LogP) is 2.00. The maximum absolute atomic E-state index is 12.6. The van der Waals surface area contributed by atoms with E-state index in [-0.39, 0.29) is 18.5 Å². The van der Waals surface area contributed by atoms with E-state index >= 15 is 0 Å². The lowest BCUT2D eigenvalue weighted by atomic mass is 10.2. The maximum Gasteiger partial charge on any atom is 0.328 e. The Morgan fingerprint density at radius 1 is 1.07 bits per heavy atom. The molecule has 0 aliphatic rings. The van der Waals surface area contributed by atoms with Crippen LogP contribution in [0, 0.1) is 0 Å². The average molecular weight is 394 g/mol. The molecule has 148 valence electrons. The second-order valence-corrected chi connectivity index (χ2v) is 6.30. The van der Waals surface area contributed by atoms with E-state index in [1.165, 1.54) is 0 Å². The van der Waals surface area contributed by atoms with Crippen LogP contribution in [0.5, 0.6) is 11.5 Å². The molecule has 0 aliphatic carbocycles. The highest BCUT2D eigenvalue weighted by Crippen LogP contribution is 2.28. The number of rotatable bonds is 6. The number of hydrogen-bond acceptors (Lipinski definition) is 7. The highest BCUT2D eigenvalue weighted by atomic mass is 16.5. The molecule has 0 fully saturated rings. The summed E-state index contributed by atoms with van der Waals surface area (Å²) in [5.74, 6) is 1.86. The summed E-state index contributed by atoms with van der Waals surface area (Å²) in [5.41, 5.74) is 0.329. The van der Waals surface area contributed by atoms with Gasteiger partial charge in [0.05, 0.1) is 25.1 Å². The molecule has 2 heterocycles. The minimum absolute atomic E-state index is 0.113. The van der Waals surface area contributed by atoms with E-state index in [0.717, 1.165) is 4.57 Å². The van der Waals surface area contributed by atoms with Crippen LogP contribution in [0.3, 0.4) is 0 Å². The number of benzene rings is 2. The lowest BCUT2D eigenvalue weighted by Crippen LogP contribution is -2.35. The number of H-pyrrole nitrogens is 1. The van der Waals surface area contributed by atoms with Crippen molar-refractivity contribution in [3.05, 3.63) is 69.2 Å². The van der Waals surface area contributed by atoms with Gasteiger partial charge in [-0.25, -0.2) is 4.79 Å². The molecule has 0 radical (unpaired) electrons. The van der Waals surface area contributed by atoms with Crippen molar-refractivity contribution in [3.8, 4) is 22.9 Å². The first-order valence-electron chi connectivity index (χ1n) is 8.87. The zero-order valence-corrected chi connectivity index (χ0v) is 15.8. The van der Waals surface area contributed by atoms with E-state index in [2.05, 4.69) is 15.1 Å². The number of aromatic amines is 1. The highest BCUT2D eigenvalue weighted by molar-refractivity contribution is 5.76. The van der Waals surface area contributed by atoms with Gasteiger partial charge in [0.2, 0.25) is 11.7 Å². The quantitative estimate of drug-likeness (QED) is 0.532. The standard InChI is InChI=1S/C20H18N4O5/c1-27-13-9-12(10-14(11-13)28-2)18-22-17(29-23-18)7-8-24-19(25)15-5-3-4-6-16(15)21-20(24)26/h3-6,9-11H,7-8H2,1-2H3,(H,21,26). The molecule has 0 bridgehead atoms. The molecule has 0 saturated carbocycles. The molecule has 9 heteroatoms. The van der Waals surface area contributed by atoms with Gasteiger partial charge in [-0.05, 0) is 24.3 Å². The van der Waals surface area contributed by atoms with Crippen LogP contribution < -0.4 is 20.7 Å². The van der Waals surface area contributed by atoms with E-state index in [4.69, 9.17) is 14.0 Å². The molecule has 9 nitrogen and oxygen atoms in total. The van der Waals surface area contributed by atoms with Gasteiger partial charge < -0.3 is 19.0 Å². The molecule has 0 spiro atoms. The number of nitrogens with one attached hydrogen (secondary N) is 1. The van der Waals surface area contributed by atoms with Crippen molar-refractivity contribution in [2.24, 2.45) is 0 Å². The molecule has 4 aromatic rings. The van der Waals surface area contributed by atoms with Crippen LogP contribution in [0.2, 0.25) is 0 Å². The SMILES string of the molecule is COc1cc(OC)cc(-c2noc(CCn3c(=O)[nH]c4ccccc4c3=O)n2)c1. The fourth-order valence-electron chi connectivity index (χ4n) is 3.02. The normalized spacial score (nSPS) is 11.0. The van der Waals surface area contributed by atoms with Gasteiger partial charge >= 0.3 is 5.69 Å². The Labute approximate surface area is 164 Å². The van der Waals surface area contributed by atoms with E-state index in [1.54, 1.807) is 56.7 Å². The lowest BCUT2D eigenvalue weighted by Gasteiger charge is -2.05. The molecule has 0 saturated heterocycles. The summed E-state index contributed by atoms with van der Waals surface area (Å²) in [6.07, 6.45) is 0.232. The van der Waals surface area contributed by atoms with Gasteiger partial charge in [-0.15, -0.1) is 0 Å². The van der Waals surface area contributed by atoms with Crippen molar-refractivity contribution in [1.82, 2.24) is 19.7 Å². The molecule has 0 aliphatic heterocycles. The molecule has 0 unspecified atom stereocenters. The summed E-state index contributed by atoms with van der Waals surface area (Å²) in [6, 6.07) is 12.1. The number of fused-ring (bicyclic) bond motifs is 1. The first kappa shape index (κ1) is 18.5. The summed E-state index contributed by atoms with van der Waals surface area (Å²) >= 11 is 0. The molecule has 2 aromatic carbocycles. The minimum atomic E-state index is -0.481. The van der Waals surface area contributed by atoms with Gasteiger partial charge in [0.25, 0.3) is 5.56 Å². The Morgan fingerprint density at radius 3 is 2.52 bits per heavy atom. The second-order valence-electron chi connectivity index (χ2n) is 6.30. The summed E-state index contributed by atoms with van der Waals surface area (Å²) in [7, 11) is 3.11. The van der Waals surface area contributed by atoms with E-state index in [1.807, 2.05) is 0 Å². The third-order valence-corrected chi connectivity index (χ3v) is 4.52. The van der Waals surface area contributed by atoms with Crippen LogP contribution in [-0.4, -0.2) is 33.9 Å². The minimum Gasteiger partial charge on any atom is -0.497 e. The topological polar surface area (TPSA) is 112 Å². The Kier molecular flexibility index (Phi) is 4.86. The third kappa shape index (κ3) is 3.62. The Bertz CT molecular complexity index is 1270. The monoisotopic (exact) mass is 394 g/mol. The number of aryl methyl sites for hydroxylation is 1. The molecular formula is C20H18N4O5. The molecule has 29 heavy (non-hydrogen) atoms. The number of nitrogens with zero attached hydrogens (tertiary/aromatic N) is 3. The van der Waals surface area contributed by atoms with Crippen LogP contribution in [-0.2, 0) is 13.0 Å². The summed E-state index contributed by atoms with van der Waals surface area (Å²) in [5, 5.41) is 4.42. The Hall–Kier alpha value is -3.88. The molecule has 4 rings (SSSR count). The lowest BCUT2D eigenvalue weighted by molar-refractivity contribution is 0.370. The van der Waals surface area contributed by atoms with Gasteiger partial charge in [0.1, 0.15) is 11.5 Å². The fraction of sp³-hybridized carbons (Fsp3) is 0.200. The van der Waals surface area contributed by atoms with E-state index < -0.39 is 5.69 Å². The van der Waals surface area contributed by atoms with Crippen LogP contribution in [0.1, 0.15) is 5.89 Å². The maximum atomic E-state index is 12.6. The van der Waals surface area contributed by atoms with E-state index in [9.17, 15) is 9.59 Å². The Morgan fingerprint density at radius 2 is 1.79 bits per heavy atom. The first-order chi connectivity index (χ1) is 14.1. The number of hydrogen-bond donors (Lipinski definition) is 1. The van der Waals surface area contributed by atoms with Crippen molar-refractivity contribution >= 4 is 10.9 Å². The Balaban J connectivity index is 1.59. The molecule has 1 N–H and O–H groups in total. The summed E-state index contributed by atoms with van der Waals surface area (Å²) in [4.78, 5) is 31.9. The van der Waals surface area contributed by atoms with Gasteiger partial charge in [-0.2, -0.15) is 4.98 Å². The van der Waals surface area contributed by atoms with Crippen LogP contribution in [0.25, 0.3) is 22.3 Å². The van der Waals surface area contributed by atoms with Gasteiger partial charge in [0.15, 0.2) is 0 Å². The third-order valence-electron chi connectivity index (χ3n) is 4.52. The summed E-state index contributed by atoms with van der Waals surface area (Å²) in [6.45, 7) is 0.113. The molecule has 0 amide bonds. The number of aromatic nitrogens is 4. The zero-order valence-electron chi connectivity index (χ0n) is 15.8. The van der Waals surface area contributed by atoms with Crippen LogP contribution in [0.15, 0.2) is 56.6 Å². The van der Waals surface area contributed by atoms with Crippen molar-refractivity contribution in [2.45, 2.75) is 13.0 Å². The first-order valence-corrected chi connectivity index (χ1v) is 8.87. The van der Waals surface area contributed by atoms with Gasteiger partial charge in [-0.1, -0.05) is 17.3 Å². The average Bonchev–Trinajstić information content (AvgIpc) is 3.22. The van der Waals surface area contributed by atoms with Crippen LogP contribution >= 0.6 is 0 Å². The van der Waals surface area contributed by atoms with Crippen molar-refractivity contribution in [2.75, 3.05) is 14.2 Å². The molecular weight excluding hydrogens is 376 g/mol. The molecule has 2 aromatic heterocycles. The highest BCUT2D eigenvalue weighted by Gasteiger charge is 2.13. The summed E-state index contributed by atoms with van der Waals surface area (Å²) < 4.78 is 16.9. The van der Waals surface area contributed by atoms with Crippen molar-refractivity contribution in [1.29, 1.82) is 0 Å². The zero-order chi connectivity index (χ0) is 20.4. The van der Waals surface area contributed by atoms with Crippen LogP contribution in [0.4, 0.5) is 0 Å². The predicted molar refractivity (Wildman–Crippen MR) is 105 cm³/mol. The van der Waals surface area contributed by atoms with Gasteiger partial charge in [0, 0.05) is 24.6 Å². The second kappa shape index (κ2) is 7.63. The number of para-hydroxylation sites is 1. The molecule has 0 atom stereocenters.